The Balaban J connectivity index is 2.11. The number of methoxy groups -OCH3 is 1. The number of hydrogen-bond acceptors (Lipinski definition) is 4. The summed E-state index contributed by atoms with van der Waals surface area (Å²) in [5, 5.41) is 2.80. The Morgan fingerprint density at radius 1 is 1.20 bits per heavy atom. The maximum absolute atomic E-state index is 12.1. The molecule has 1 aromatic carbocycles. The summed E-state index contributed by atoms with van der Waals surface area (Å²) in [6.07, 6.45) is 1.55. The molecule has 20 heavy (non-hydrogen) atoms. The van der Waals surface area contributed by atoms with Gasteiger partial charge >= 0.3 is 5.97 Å². The van der Waals surface area contributed by atoms with Gasteiger partial charge in [-0.25, -0.2) is 4.79 Å². The van der Waals surface area contributed by atoms with Crippen LogP contribution in [0.3, 0.4) is 0 Å². The molecule has 2 aromatic rings. The van der Waals surface area contributed by atoms with Crippen LogP contribution in [0.15, 0.2) is 47.1 Å². The highest BCUT2D eigenvalue weighted by Gasteiger charge is 2.15. The molecular formula is C15H15NO4. The number of hydrogen-bond donors (Lipinski definition) is 1. The van der Waals surface area contributed by atoms with Crippen LogP contribution in [0, 0.1) is 0 Å². The molecule has 5 nitrogen and oxygen atoms in total. The van der Waals surface area contributed by atoms with E-state index in [-0.39, 0.29) is 11.9 Å². The lowest BCUT2D eigenvalue weighted by atomic mass is 10.1. The first kappa shape index (κ1) is 13.9. The molecule has 1 heterocycles. The molecule has 0 radical (unpaired) electrons. The third-order valence-corrected chi connectivity index (χ3v) is 2.86. The van der Waals surface area contributed by atoms with Crippen LogP contribution in [0.5, 0.6) is 0 Å². The first-order valence-corrected chi connectivity index (χ1v) is 6.14. The smallest absolute Gasteiger partial charge is 0.337 e. The van der Waals surface area contributed by atoms with Crippen molar-refractivity contribution < 1.29 is 18.7 Å². The number of carbonyl (C=O) groups is 2. The average Bonchev–Trinajstić information content (AvgIpc) is 3.00. The second-order valence-electron chi connectivity index (χ2n) is 4.28. The minimum Gasteiger partial charge on any atom is -0.467 e. The van der Waals surface area contributed by atoms with Gasteiger partial charge in [0.2, 0.25) is 0 Å². The Morgan fingerprint density at radius 3 is 2.60 bits per heavy atom. The lowest BCUT2D eigenvalue weighted by molar-refractivity contribution is 0.0600. The third kappa shape index (κ3) is 3.06. The third-order valence-electron chi connectivity index (χ3n) is 2.86. The predicted molar refractivity (Wildman–Crippen MR) is 72.4 cm³/mol. The van der Waals surface area contributed by atoms with Crippen molar-refractivity contribution >= 4 is 11.9 Å². The molecule has 0 spiro atoms. The van der Waals surface area contributed by atoms with Gasteiger partial charge in [-0.2, -0.15) is 0 Å². The predicted octanol–water partition coefficient (Wildman–Crippen LogP) is 2.56. The molecule has 104 valence electrons. The van der Waals surface area contributed by atoms with E-state index in [0.717, 1.165) is 0 Å². The van der Waals surface area contributed by atoms with Gasteiger partial charge in [0, 0.05) is 5.56 Å². The van der Waals surface area contributed by atoms with Crippen LogP contribution in [-0.2, 0) is 4.74 Å². The minimum absolute atomic E-state index is 0.251. The second-order valence-corrected chi connectivity index (χ2v) is 4.28. The van der Waals surface area contributed by atoms with Gasteiger partial charge in [0.25, 0.3) is 5.91 Å². The SMILES string of the molecule is COC(=O)c1cccc(C(=O)N[C@H](C)c2ccco2)c1. The molecular weight excluding hydrogens is 258 g/mol. The molecule has 1 amide bonds. The van der Waals surface area contributed by atoms with E-state index in [0.29, 0.717) is 16.9 Å². The van der Waals surface area contributed by atoms with Crippen LogP contribution >= 0.6 is 0 Å². The summed E-state index contributed by atoms with van der Waals surface area (Å²) in [6.45, 7) is 1.82. The molecule has 0 saturated heterocycles. The van der Waals surface area contributed by atoms with Gasteiger partial charge in [-0.15, -0.1) is 0 Å². The van der Waals surface area contributed by atoms with Crippen LogP contribution in [0.4, 0.5) is 0 Å². The fourth-order valence-corrected chi connectivity index (χ4v) is 1.79. The Kier molecular flexibility index (Phi) is 4.20. The van der Waals surface area contributed by atoms with Crippen molar-refractivity contribution in [2.45, 2.75) is 13.0 Å². The molecule has 2 rings (SSSR count). The molecule has 0 fully saturated rings. The number of ether oxygens (including phenoxy) is 1. The number of amides is 1. The zero-order chi connectivity index (χ0) is 14.5. The summed E-state index contributed by atoms with van der Waals surface area (Å²) in [5.41, 5.74) is 0.733. The minimum atomic E-state index is -0.473. The van der Waals surface area contributed by atoms with Crippen molar-refractivity contribution in [2.24, 2.45) is 0 Å². The van der Waals surface area contributed by atoms with Gasteiger partial charge in [0.1, 0.15) is 5.76 Å². The molecule has 0 unspecified atom stereocenters. The highest BCUT2D eigenvalue weighted by Crippen LogP contribution is 2.14. The van der Waals surface area contributed by atoms with Crippen LogP contribution in [-0.4, -0.2) is 19.0 Å². The van der Waals surface area contributed by atoms with Gasteiger partial charge in [0.15, 0.2) is 0 Å². The lowest BCUT2D eigenvalue weighted by Crippen LogP contribution is -2.26. The Morgan fingerprint density at radius 2 is 1.95 bits per heavy atom. The van der Waals surface area contributed by atoms with E-state index in [1.165, 1.54) is 13.2 Å². The van der Waals surface area contributed by atoms with Gasteiger partial charge in [0.05, 0.1) is 25.0 Å². The highest BCUT2D eigenvalue weighted by molar-refractivity contribution is 5.98. The molecule has 0 saturated carbocycles. The second kappa shape index (κ2) is 6.06. The number of furan rings is 1. The van der Waals surface area contributed by atoms with Crippen LogP contribution < -0.4 is 5.32 Å². The maximum atomic E-state index is 12.1. The van der Waals surface area contributed by atoms with Gasteiger partial charge in [-0.1, -0.05) is 6.07 Å². The van der Waals surface area contributed by atoms with Crippen molar-refractivity contribution in [2.75, 3.05) is 7.11 Å². The van der Waals surface area contributed by atoms with E-state index in [2.05, 4.69) is 10.1 Å². The lowest BCUT2D eigenvalue weighted by Gasteiger charge is -2.11. The van der Waals surface area contributed by atoms with Crippen molar-refractivity contribution in [1.82, 2.24) is 5.32 Å². The fourth-order valence-electron chi connectivity index (χ4n) is 1.79. The molecule has 1 aromatic heterocycles. The largest absolute Gasteiger partial charge is 0.467 e. The molecule has 0 bridgehead atoms. The van der Waals surface area contributed by atoms with Crippen molar-refractivity contribution in [3.63, 3.8) is 0 Å². The molecule has 1 N–H and O–H groups in total. The molecule has 0 aliphatic heterocycles. The topological polar surface area (TPSA) is 68.5 Å². The number of benzene rings is 1. The summed E-state index contributed by atoms with van der Waals surface area (Å²) in [5.74, 6) is -0.0825. The van der Waals surface area contributed by atoms with Crippen LogP contribution in [0.2, 0.25) is 0 Å². The molecule has 1 atom stereocenters. The van der Waals surface area contributed by atoms with E-state index in [1.54, 1.807) is 36.6 Å². The van der Waals surface area contributed by atoms with Gasteiger partial charge in [-0.3, -0.25) is 4.79 Å². The number of esters is 1. The first-order valence-electron chi connectivity index (χ1n) is 6.14. The maximum Gasteiger partial charge on any atom is 0.337 e. The Bertz CT molecular complexity index is 604. The van der Waals surface area contributed by atoms with E-state index in [4.69, 9.17) is 4.42 Å². The summed E-state index contributed by atoms with van der Waals surface area (Å²) >= 11 is 0. The standard InChI is InChI=1S/C15H15NO4/c1-10(13-7-4-8-20-13)16-14(17)11-5-3-6-12(9-11)15(18)19-2/h3-10H,1-2H3,(H,16,17)/t10-/m1/s1. The number of carbonyl (C=O) groups excluding carboxylic acids is 2. The number of nitrogens with one attached hydrogen (secondary N) is 1. The zero-order valence-corrected chi connectivity index (χ0v) is 11.3. The summed E-state index contributed by atoms with van der Waals surface area (Å²) in [6, 6.07) is 9.66. The summed E-state index contributed by atoms with van der Waals surface area (Å²) in [4.78, 5) is 23.5. The Labute approximate surface area is 116 Å². The van der Waals surface area contributed by atoms with Crippen LogP contribution in [0.25, 0.3) is 0 Å². The van der Waals surface area contributed by atoms with E-state index >= 15 is 0 Å². The van der Waals surface area contributed by atoms with Crippen molar-refractivity contribution in [1.29, 1.82) is 0 Å². The van der Waals surface area contributed by atoms with Crippen LogP contribution in [0.1, 0.15) is 39.4 Å². The molecule has 0 aliphatic rings. The van der Waals surface area contributed by atoms with Crippen molar-refractivity contribution in [3.8, 4) is 0 Å². The highest BCUT2D eigenvalue weighted by atomic mass is 16.5. The Hall–Kier alpha value is -2.56. The summed E-state index contributed by atoms with van der Waals surface area (Å²) < 4.78 is 9.85. The zero-order valence-electron chi connectivity index (χ0n) is 11.3. The van der Waals surface area contributed by atoms with Crippen molar-refractivity contribution in [3.05, 3.63) is 59.5 Å². The number of rotatable bonds is 4. The van der Waals surface area contributed by atoms with E-state index in [1.807, 2.05) is 6.92 Å². The van der Waals surface area contributed by atoms with Gasteiger partial charge in [-0.05, 0) is 37.3 Å². The van der Waals surface area contributed by atoms with E-state index < -0.39 is 5.97 Å². The quantitative estimate of drug-likeness (QED) is 0.869. The van der Waals surface area contributed by atoms with Gasteiger partial charge < -0.3 is 14.5 Å². The first-order chi connectivity index (χ1) is 9.61. The monoisotopic (exact) mass is 273 g/mol. The van der Waals surface area contributed by atoms with E-state index in [9.17, 15) is 9.59 Å². The average molecular weight is 273 g/mol. The molecule has 5 heteroatoms. The normalized spacial score (nSPS) is 11.7. The summed E-state index contributed by atoms with van der Waals surface area (Å²) in [7, 11) is 1.30. The fraction of sp³-hybridized carbons (Fsp3) is 0.200. The molecule has 0 aliphatic carbocycles.